The lowest BCUT2D eigenvalue weighted by Gasteiger charge is -2.33. The maximum Gasteiger partial charge on any atom is 0.393 e. The number of aromatic nitrogens is 3. The minimum Gasteiger partial charge on any atom is -0.388 e. The van der Waals surface area contributed by atoms with Gasteiger partial charge in [0.15, 0.2) is 0 Å². The van der Waals surface area contributed by atoms with Gasteiger partial charge < -0.3 is 15.0 Å². The Morgan fingerprint density at radius 3 is 2.53 bits per heavy atom. The Hall–Kier alpha value is -3.20. The summed E-state index contributed by atoms with van der Waals surface area (Å²) in [6.07, 6.45) is 6.88. The molecule has 1 saturated carbocycles. The zero-order valence-electron chi connectivity index (χ0n) is 27.4. The molecule has 11 heteroatoms. The summed E-state index contributed by atoms with van der Waals surface area (Å²) in [6.45, 7) is 7.15. The third kappa shape index (κ3) is 7.93. The van der Waals surface area contributed by atoms with Gasteiger partial charge in [-0.3, -0.25) is 4.90 Å². The van der Waals surface area contributed by atoms with Crippen molar-refractivity contribution in [1.29, 1.82) is 5.26 Å². The van der Waals surface area contributed by atoms with E-state index < -0.39 is 18.2 Å². The average Bonchev–Trinajstić information content (AvgIpc) is 3.63. The van der Waals surface area contributed by atoms with Gasteiger partial charge in [-0.15, -0.1) is 11.3 Å². The topological polar surface area (TPSA) is 90.0 Å². The van der Waals surface area contributed by atoms with Crippen molar-refractivity contribution >= 4 is 38.3 Å². The number of nitrogens with one attached hydrogen (secondary N) is 1. The van der Waals surface area contributed by atoms with E-state index in [1.165, 1.54) is 44.0 Å². The van der Waals surface area contributed by atoms with Crippen LogP contribution >= 0.6 is 11.3 Å². The fraction of sp³-hybridized carbons (Fsp3) is 0.583. The number of aliphatic hydroxyl groups is 1. The van der Waals surface area contributed by atoms with Crippen molar-refractivity contribution in [2.24, 2.45) is 5.92 Å². The van der Waals surface area contributed by atoms with Gasteiger partial charge in [-0.1, -0.05) is 45.1 Å². The molecule has 1 atom stereocenters. The third-order valence-corrected chi connectivity index (χ3v) is 11.6. The number of rotatable bonds is 11. The van der Waals surface area contributed by atoms with Crippen LogP contribution in [0, 0.1) is 24.2 Å². The van der Waals surface area contributed by atoms with Crippen LogP contribution in [0.25, 0.3) is 21.1 Å². The fourth-order valence-corrected chi connectivity index (χ4v) is 8.57. The zero-order chi connectivity index (χ0) is 33.2. The Balaban J connectivity index is 1.10. The van der Waals surface area contributed by atoms with Gasteiger partial charge in [-0.2, -0.15) is 18.4 Å². The molecule has 0 radical (unpaired) electrons. The summed E-state index contributed by atoms with van der Waals surface area (Å²) in [4.78, 5) is 11.8. The zero-order valence-corrected chi connectivity index (χ0v) is 28.2. The molecular weight excluding hydrogens is 621 g/mol. The van der Waals surface area contributed by atoms with Crippen LogP contribution in [0.2, 0.25) is 0 Å². The number of hydrogen-bond donors (Lipinski definition) is 2. The number of piperidine rings is 1. The summed E-state index contributed by atoms with van der Waals surface area (Å²) >= 11 is 1.07. The van der Waals surface area contributed by atoms with Crippen molar-refractivity contribution in [3.8, 4) is 6.07 Å². The Bertz CT molecular complexity index is 1730. The summed E-state index contributed by atoms with van der Waals surface area (Å²) in [5.41, 5.74) is 3.13. The molecule has 47 heavy (non-hydrogen) atoms. The van der Waals surface area contributed by atoms with Gasteiger partial charge in [0.1, 0.15) is 28.7 Å². The molecule has 3 aromatic heterocycles. The van der Waals surface area contributed by atoms with Gasteiger partial charge in [0.25, 0.3) is 0 Å². The minimum absolute atomic E-state index is 0.168. The first kappa shape index (κ1) is 33.7. The van der Waals surface area contributed by atoms with Crippen LogP contribution < -0.4 is 5.32 Å². The lowest BCUT2D eigenvalue weighted by Crippen LogP contribution is -2.39. The molecule has 0 bridgehead atoms. The predicted octanol–water partition coefficient (Wildman–Crippen LogP) is 8.51. The lowest BCUT2D eigenvalue weighted by molar-refractivity contribution is -0.126. The van der Waals surface area contributed by atoms with Crippen molar-refractivity contribution in [3.05, 3.63) is 52.3 Å². The normalized spacial score (nSPS) is 18.5. The van der Waals surface area contributed by atoms with Crippen molar-refractivity contribution < 1.29 is 18.3 Å². The van der Waals surface area contributed by atoms with Crippen molar-refractivity contribution in [2.45, 2.75) is 115 Å². The highest BCUT2D eigenvalue weighted by Gasteiger charge is 2.31. The maximum absolute atomic E-state index is 13.0. The Kier molecular flexibility index (Phi) is 10.1. The number of alkyl halides is 3. The first-order valence-corrected chi connectivity index (χ1v) is 17.9. The summed E-state index contributed by atoms with van der Waals surface area (Å²) in [7, 11) is 0. The van der Waals surface area contributed by atoms with Gasteiger partial charge in [-0.05, 0) is 74.3 Å². The van der Waals surface area contributed by atoms with E-state index in [9.17, 15) is 23.5 Å². The smallest absolute Gasteiger partial charge is 0.388 e. The number of aryl methyl sites for hydroxylation is 1. The second-order valence-electron chi connectivity index (χ2n) is 13.8. The number of likely N-dealkylation sites (tertiary alicyclic amines) is 1. The summed E-state index contributed by atoms with van der Waals surface area (Å²) in [5, 5.41) is 26.9. The summed E-state index contributed by atoms with van der Waals surface area (Å²) in [6, 6.07) is 10.4. The molecule has 6 rings (SSSR count). The third-order valence-electron chi connectivity index (χ3n) is 10.5. The molecule has 2 aliphatic rings. The van der Waals surface area contributed by atoms with Gasteiger partial charge in [0.2, 0.25) is 0 Å². The summed E-state index contributed by atoms with van der Waals surface area (Å²) < 4.78 is 40.9. The van der Waals surface area contributed by atoms with E-state index in [-0.39, 0.29) is 10.9 Å². The molecule has 0 amide bonds. The second-order valence-corrected chi connectivity index (χ2v) is 14.9. The van der Waals surface area contributed by atoms with Crippen LogP contribution in [0.5, 0.6) is 0 Å². The van der Waals surface area contributed by atoms with Gasteiger partial charge >= 0.3 is 6.18 Å². The number of nitrogens with zero attached hydrogens (tertiary/aromatic N) is 5. The number of halogens is 3. The number of thiophene rings is 1. The molecule has 1 unspecified atom stereocenters. The Morgan fingerprint density at radius 2 is 1.83 bits per heavy atom. The highest BCUT2D eigenvalue weighted by molar-refractivity contribution is 7.18. The Morgan fingerprint density at radius 1 is 1.06 bits per heavy atom. The SMILES string of the molecule is CCC(O)(CCC1CCCCC1)Cn1c(C#N)cc2c(C)c(CN3CCC(Nc4ncnc5sc(CC(F)(F)F)cc45)CC3)ccc21. The number of anilines is 1. The largest absolute Gasteiger partial charge is 0.393 e. The molecule has 2 fully saturated rings. The quantitative estimate of drug-likeness (QED) is 0.167. The number of benzene rings is 1. The van der Waals surface area contributed by atoms with Crippen molar-refractivity contribution in [1.82, 2.24) is 19.4 Å². The Labute approximate surface area is 278 Å². The maximum atomic E-state index is 13.0. The first-order valence-electron chi connectivity index (χ1n) is 17.1. The number of fused-ring (bicyclic) bond motifs is 2. The molecule has 0 spiro atoms. The highest BCUT2D eigenvalue weighted by Crippen LogP contribution is 2.35. The molecule has 7 nitrogen and oxygen atoms in total. The van der Waals surface area contributed by atoms with Crippen LogP contribution in [0.1, 0.15) is 92.8 Å². The van der Waals surface area contributed by atoms with Crippen LogP contribution in [-0.2, 0) is 19.5 Å². The molecule has 4 aromatic rings. The molecule has 252 valence electrons. The van der Waals surface area contributed by atoms with E-state index in [0.717, 1.165) is 73.1 Å². The molecule has 1 saturated heterocycles. The number of nitriles is 1. The molecule has 1 aromatic carbocycles. The van der Waals surface area contributed by atoms with Gasteiger partial charge in [-0.25, -0.2) is 9.97 Å². The molecule has 1 aliphatic carbocycles. The molecular formula is C36H45F3N6OS. The van der Waals surface area contributed by atoms with Crippen LogP contribution in [-0.4, -0.2) is 55.5 Å². The van der Waals surface area contributed by atoms with Gasteiger partial charge in [0.05, 0.1) is 24.0 Å². The van der Waals surface area contributed by atoms with Crippen LogP contribution in [0.3, 0.4) is 0 Å². The van der Waals surface area contributed by atoms with E-state index in [1.54, 1.807) is 6.07 Å². The summed E-state index contributed by atoms with van der Waals surface area (Å²) in [5.74, 6) is 1.30. The van der Waals surface area contributed by atoms with E-state index in [2.05, 4.69) is 45.3 Å². The van der Waals surface area contributed by atoms with Crippen LogP contribution in [0.15, 0.2) is 30.6 Å². The highest BCUT2D eigenvalue weighted by atomic mass is 32.1. The van der Waals surface area contributed by atoms with E-state index in [4.69, 9.17) is 0 Å². The van der Waals surface area contributed by atoms with E-state index >= 15 is 0 Å². The first-order chi connectivity index (χ1) is 22.5. The van der Waals surface area contributed by atoms with Crippen molar-refractivity contribution in [2.75, 3.05) is 18.4 Å². The molecule has 4 heterocycles. The fourth-order valence-electron chi connectivity index (χ4n) is 7.54. The van der Waals surface area contributed by atoms with E-state index in [1.807, 2.05) is 17.6 Å². The van der Waals surface area contributed by atoms with E-state index in [0.29, 0.717) is 40.6 Å². The second kappa shape index (κ2) is 14.1. The standard InChI is InChI=1S/C36H45F3N6OS/c1-3-35(46,14-11-25-7-5-4-6-8-25)22-45-28(20-40)17-30-24(2)26(9-10-32(30)45)21-44-15-12-27(13-16-44)43-33-31-18-29(19-36(37,38)39)47-34(31)42-23-41-33/h9-10,17-18,23,25,27,46H,3-8,11-16,19,21-22H2,1-2H3,(H,41,42,43). The van der Waals surface area contributed by atoms with Crippen molar-refractivity contribution in [3.63, 3.8) is 0 Å². The minimum atomic E-state index is -4.26. The van der Waals surface area contributed by atoms with Crippen LogP contribution in [0.4, 0.5) is 19.0 Å². The van der Waals surface area contributed by atoms with Gasteiger partial charge in [0, 0.05) is 41.5 Å². The lowest BCUT2D eigenvalue weighted by atomic mass is 9.82. The molecule has 2 N–H and O–H groups in total. The number of hydrogen-bond acceptors (Lipinski definition) is 7. The monoisotopic (exact) mass is 666 g/mol. The average molecular weight is 667 g/mol. The predicted molar refractivity (Wildman–Crippen MR) is 182 cm³/mol. The molecule has 1 aliphatic heterocycles.